The Morgan fingerprint density at radius 1 is 0.820 bits per heavy atom. The van der Waals surface area contributed by atoms with Crippen molar-refractivity contribution in [3.63, 3.8) is 0 Å². The number of allylic oxidation sites excluding steroid dienone is 5. The van der Waals surface area contributed by atoms with Crippen molar-refractivity contribution in [2.45, 2.75) is 219 Å². The number of piperazine rings is 1. The first kappa shape index (κ1) is 73.2. The number of aromatic nitrogens is 2. The third kappa shape index (κ3) is 20.8. The van der Waals surface area contributed by atoms with Gasteiger partial charge in [0.1, 0.15) is 30.5 Å². The fourth-order valence-electron chi connectivity index (χ4n) is 13.2. The van der Waals surface area contributed by atoms with Crippen molar-refractivity contribution >= 4 is 52.6 Å². The Morgan fingerprint density at radius 2 is 1.55 bits per heavy atom. The number of anilines is 1. The molecule has 4 fully saturated rings. The van der Waals surface area contributed by atoms with Crippen LogP contribution in [0.2, 0.25) is 0 Å². The largest absolute Gasteiger partial charge is 0.481 e. The van der Waals surface area contributed by atoms with Crippen LogP contribution in [0.5, 0.6) is 0 Å². The number of cyclic esters (lactones) is 1. The Bertz CT molecular complexity index is 2590. The van der Waals surface area contributed by atoms with E-state index >= 15 is 0 Å². The lowest BCUT2D eigenvalue weighted by Crippen LogP contribution is -2.61. The lowest BCUT2D eigenvalue weighted by Gasteiger charge is -2.43. The van der Waals surface area contributed by atoms with E-state index in [0.717, 1.165) is 24.0 Å². The number of hydrogen-bond donors (Lipinski definition) is 3. The third-order valence-corrected chi connectivity index (χ3v) is 19.3. The summed E-state index contributed by atoms with van der Waals surface area (Å²) >= 11 is 5.79. The van der Waals surface area contributed by atoms with Gasteiger partial charge in [-0.25, -0.2) is 14.8 Å². The number of Topliss-reactive ketones (excluding diaryl/α,β-unsaturated/α-hetero) is 2. The van der Waals surface area contributed by atoms with Crippen molar-refractivity contribution in [1.82, 2.24) is 19.8 Å². The Hall–Kier alpha value is -4.84. The fraction of sp³-hybridized carbons (Fsp3) is 0.735. The number of aliphatic hydroxyl groups is 3. The molecule has 21 heteroatoms. The molecule has 3 N–H and O–H groups in total. The molecule has 498 valence electrons. The normalized spacial score (nSPS) is 34.5. The summed E-state index contributed by atoms with van der Waals surface area (Å²) in [4.78, 5) is 84.8. The van der Waals surface area contributed by atoms with Crippen LogP contribution < -0.4 is 4.90 Å². The van der Waals surface area contributed by atoms with Gasteiger partial charge in [-0.3, -0.25) is 19.2 Å². The molecule has 89 heavy (non-hydrogen) atoms. The summed E-state index contributed by atoms with van der Waals surface area (Å²) in [6, 6.07) is -1.15. The van der Waals surface area contributed by atoms with Crippen molar-refractivity contribution in [2.24, 2.45) is 35.5 Å². The standard InChI is InChI=1S/C68H105N5O15S/c1-12-33-85-34-27-59(75)71-29-31-72(32-30-71)67-69-41-51(42-70-67)23-26-60(89)86-55-25-22-50(38-58(55)83-10)37-46(5)57-40-54(74)45(4)36-48(7)62(77)63(84-11)61(76)47(6)35-43(2)18-14-13-15-19-44(3)56(82-9)39-52-24-21-49(8)68(81,88-52)64(78)65(79)73-28-17-16-20-53(73)66(80)87-57/h13-15,18-19,36,41-43,45-47,49-50,52-58,62-63,74,77,81H,12,16-17,20-35,37-40H2,1-11H3/b15-13+,18-14+,44-19+,48-36+/t43-,45-,46-,47-,49-,50+,52+,53+,54-,55-,56+,57+,58-,62-,63+,68-/m1/s1. The number of amides is 2. The molecule has 1 aromatic rings. The summed E-state index contributed by atoms with van der Waals surface area (Å²) in [7, 11) is 4.64. The zero-order valence-electron chi connectivity index (χ0n) is 54.9. The molecular formula is C68H105N5O15S. The smallest absolute Gasteiger partial charge is 0.329 e. The predicted molar refractivity (Wildman–Crippen MR) is 342 cm³/mol. The van der Waals surface area contributed by atoms with E-state index in [-0.39, 0.29) is 61.0 Å². The van der Waals surface area contributed by atoms with Crippen LogP contribution >= 0.6 is 12.2 Å². The molecule has 1 aliphatic carbocycles. The van der Waals surface area contributed by atoms with Gasteiger partial charge in [0.15, 0.2) is 10.8 Å². The molecule has 4 aliphatic heterocycles. The summed E-state index contributed by atoms with van der Waals surface area (Å²) in [5, 5.41) is 36.3. The van der Waals surface area contributed by atoms with Crippen LogP contribution in [-0.4, -0.2) is 197 Å². The molecule has 5 heterocycles. The van der Waals surface area contributed by atoms with Gasteiger partial charge in [0, 0.05) is 110 Å². The van der Waals surface area contributed by atoms with Crippen LogP contribution in [0.4, 0.5) is 5.95 Å². The number of fused-ring (bicyclic) bond motifs is 3. The second kappa shape index (κ2) is 35.8. The summed E-state index contributed by atoms with van der Waals surface area (Å²) in [6.07, 6.45) is 16.9. The van der Waals surface area contributed by atoms with Gasteiger partial charge in [0.05, 0.1) is 37.4 Å². The van der Waals surface area contributed by atoms with Crippen LogP contribution in [0, 0.1) is 35.5 Å². The molecule has 6 rings (SSSR count). The van der Waals surface area contributed by atoms with Crippen molar-refractivity contribution in [1.29, 1.82) is 0 Å². The van der Waals surface area contributed by atoms with E-state index in [1.165, 1.54) is 12.0 Å². The van der Waals surface area contributed by atoms with Crippen LogP contribution in [-0.2, 0) is 63.6 Å². The molecule has 3 saturated heterocycles. The highest BCUT2D eigenvalue weighted by Crippen LogP contribution is 2.39. The van der Waals surface area contributed by atoms with E-state index < -0.39 is 83.9 Å². The molecule has 0 unspecified atom stereocenters. The maximum Gasteiger partial charge on any atom is 0.329 e. The number of carbonyl (C=O) groups excluding carboxylic acids is 5. The minimum Gasteiger partial charge on any atom is -0.481 e. The Morgan fingerprint density at radius 3 is 2.24 bits per heavy atom. The molecule has 20 nitrogen and oxygen atoms in total. The molecule has 1 saturated carbocycles. The number of ether oxygens (including phenoxy) is 7. The van der Waals surface area contributed by atoms with E-state index in [4.69, 9.17) is 45.4 Å². The summed E-state index contributed by atoms with van der Waals surface area (Å²) in [6.45, 7) is 18.6. The van der Waals surface area contributed by atoms with Crippen molar-refractivity contribution in [3.8, 4) is 0 Å². The second-order valence-electron chi connectivity index (χ2n) is 25.9. The lowest BCUT2D eigenvalue weighted by molar-refractivity contribution is -0.265. The lowest BCUT2D eigenvalue weighted by atomic mass is 9.78. The number of hydrogen-bond acceptors (Lipinski definition) is 19. The van der Waals surface area contributed by atoms with E-state index in [1.54, 1.807) is 41.1 Å². The number of piperidine rings is 1. The number of aryl methyl sites for hydroxylation is 1. The quantitative estimate of drug-likeness (QED) is 0.0464. The van der Waals surface area contributed by atoms with E-state index in [1.807, 2.05) is 82.3 Å². The summed E-state index contributed by atoms with van der Waals surface area (Å²) in [5.74, 6) is -6.82. The highest BCUT2D eigenvalue weighted by molar-refractivity contribution is 7.80. The van der Waals surface area contributed by atoms with Gasteiger partial charge in [-0.15, -0.1) is 0 Å². The van der Waals surface area contributed by atoms with Gasteiger partial charge in [-0.05, 0) is 138 Å². The first-order chi connectivity index (χ1) is 42.5. The third-order valence-electron chi connectivity index (χ3n) is 19.0. The zero-order chi connectivity index (χ0) is 65.0. The molecule has 5 aliphatic rings. The van der Waals surface area contributed by atoms with Crippen LogP contribution in [0.1, 0.15) is 157 Å². The zero-order valence-corrected chi connectivity index (χ0v) is 55.7. The molecule has 1 aromatic heterocycles. The van der Waals surface area contributed by atoms with E-state index in [0.29, 0.717) is 133 Å². The Labute approximate surface area is 534 Å². The molecular weight excluding hydrogens is 1160 g/mol. The first-order valence-corrected chi connectivity index (χ1v) is 33.2. The molecule has 0 spiro atoms. The first-order valence-electron chi connectivity index (χ1n) is 32.8. The van der Waals surface area contributed by atoms with Crippen LogP contribution in [0.25, 0.3) is 0 Å². The number of thiocarbonyl (C=S) groups is 1. The van der Waals surface area contributed by atoms with E-state index in [9.17, 15) is 39.3 Å². The van der Waals surface area contributed by atoms with E-state index in [2.05, 4.69) is 14.9 Å². The highest BCUT2D eigenvalue weighted by atomic mass is 32.1. The van der Waals surface area contributed by atoms with Gasteiger partial charge in [-0.1, -0.05) is 78.0 Å². The van der Waals surface area contributed by atoms with Crippen molar-refractivity contribution < 1.29 is 72.5 Å². The number of rotatable bonds is 16. The van der Waals surface area contributed by atoms with Gasteiger partial charge in [0.25, 0.3) is 11.7 Å². The predicted octanol–water partition coefficient (Wildman–Crippen LogP) is 8.21. The Balaban J connectivity index is 1.15. The molecule has 0 aromatic carbocycles. The Kier molecular flexibility index (Phi) is 29.5. The van der Waals surface area contributed by atoms with Crippen LogP contribution in [0.3, 0.4) is 0 Å². The maximum atomic E-state index is 14.8. The average Bonchev–Trinajstić information content (AvgIpc) is 3.70. The monoisotopic (exact) mass is 1260 g/mol. The summed E-state index contributed by atoms with van der Waals surface area (Å²) < 4.78 is 42.3. The molecule has 0 radical (unpaired) electrons. The number of aliphatic hydroxyl groups excluding tert-OH is 2. The topological polar surface area (TPSA) is 246 Å². The SMILES string of the molecule is CCCOCCC(=O)N1CCN(c2ncc(CCC(=S)O[C@@H]3CC[C@@H](C[C@@H](C)[C@@H]4C[C@@H](O)[C@H](C)/C=C(\C)[C@@H](O)[C@@H](OC)C(=O)[C@H](C)C[C@H](C)/C=C/C=C/C=C(\C)[C@@H](OC)C[C@@H]5CC[C@@H](C)[C@@](O)(O5)C(=O)C(=O)N5CCCC[C@H]5C(=O)O4)C[C@H]3OC)cn2)CC1. The van der Waals surface area contributed by atoms with Gasteiger partial charge in [0.2, 0.25) is 17.6 Å². The molecule has 2 bridgehead atoms. The number of nitrogens with zero attached hydrogens (tertiary/aromatic N) is 5. The highest BCUT2D eigenvalue weighted by Gasteiger charge is 2.53. The van der Waals surface area contributed by atoms with Gasteiger partial charge < -0.3 is 63.2 Å². The second-order valence-corrected chi connectivity index (χ2v) is 26.3. The average molecular weight is 1260 g/mol. The number of methoxy groups -OCH3 is 3. The van der Waals surface area contributed by atoms with Gasteiger partial charge in [-0.2, -0.15) is 0 Å². The van der Waals surface area contributed by atoms with Crippen molar-refractivity contribution in [2.75, 3.05) is 72.2 Å². The van der Waals surface area contributed by atoms with Crippen molar-refractivity contribution in [3.05, 3.63) is 65.6 Å². The number of esters is 1. The maximum absolute atomic E-state index is 14.8. The molecule has 2 amide bonds. The number of ketones is 2. The van der Waals surface area contributed by atoms with Crippen LogP contribution in [0.15, 0.2) is 60.0 Å². The minimum atomic E-state index is -2.45. The fourth-order valence-corrected chi connectivity index (χ4v) is 13.4. The van der Waals surface area contributed by atoms with Gasteiger partial charge >= 0.3 is 5.97 Å². The molecule has 16 atom stereocenters. The number of carbonyl (C=O) groups is 5. The summed E-state index contributed by atoms with van der Waals surface area (Å²) in [5.41, 5.74) is 2.23. The minimum absolute atomic E-state index is 0.00932.